The number of nitrogens with two attached hydrogens (primary N) is 1. The number of halogens is 2. The molecular formula is C23H23F2N5O2S. The number of piperazine rings is 1. The van der Waals surface area contributed by atoms with E-state index in [9.17, 15) is 4.79 Å². The fourth-order valence-electron chi connectivity index (χ4n) is 5.12. The number of hydrogen-bond acceptors (Lipinski definition) is 7. The smallest absolute Gasteiger partial charge is 0.263 e. The summed E-state index contributed by atoms with van der Waals surface area (Å²) in [6.45, 7) is 3.35. The van der Waals surface area contributed by atoms with Crippen LogP contribution in [0.5, 0.6) is 5.75 Å². The SMILES string of the molecule is Cc1ccc2c(N)c(C(=O)N[C@H]3COc4c(F)c(N5CC6CC5CN6)cc(F)c4C3)sc2n1. The number of aromatic nitrogens is 1. The number of pyridine rings is 1. The van der Waals surface area contributed by atoms with Gasteiger partial charge in [-0.05, 0) is 25.5 Å². The number of nitrogens with zero attached hydrogens (tertiary/aromatic N) is 2. The maximum Gasteiger partial charge on any atom is 0.263 e. The van der Waals surface area contributed by atoms with Gasteiger partial charge >= 0.3 is 0 Å². The largest absolute Gasteiger partial charge is 0.488 e. The molecule has 5 heterocycles. The van der Waals surface area contributed by atoms with Gasteiger partial charge in [0.2, 0.25) is 0 Å². The summed E-state index contributed by atoms with van der Waals surface area (Å²) in [6.07, 6.45) is 1.07. The van der Waals surface area contributed by atoms with E-state index in [1.54, 1.807) is 0 Å². The number of benzene rings is 1. The minimum absolute atomic E-state index is 0.0488. The number of thiophene rings is 1. The van der Waals surface area contributed by atoms with E-state index in [2.05, 4.69) is 15.6 Å². The molecule has 3 atom stereocenters. The Bertz CT molecular complexity index is 1300. The molecular weight excluding hydrogens is 448 g/mol. The van der Waals surface area contributed by atoms with Crippen LogP contribution in [-0.2, 0) is 6.42 Å². The maximum atomic E-state index is 15.3. The normalized spacial score (nSPS) is 23.6. The molecule has 10 heteroatoms. The molecule has 33 heavy (non-hydrogen) atoms. The molecule has 1 aromatic carbocycles. The van der Waals surface area contributed by atoms with Crippen LogP contribution in [0.1, 0.15) is 27.3 Å². The van der Waals surface area contributed by atoms with Gasteiger partial charge < -0.3 is 26.0 Å². The zero-order valence-corrected chi connectivity index (χ0v) is 18.8. The van der Waals surface area contributed by atoms with E-state index in [-0.39, 0.29) is 42.0 Å². The minimum atomic E-state index is -0.529. The van der Waals surface area contributed by atoms with Crippen LogP contribution < -0.4 is 26.0 Å². The van der Waals surface area contributed by atoms with Crippen molar-refractivity contribution in [3.8, 4) is 5.75 Å². The number of carbonyl (C=O) groups is 1. The highest BCUT2D eigenvalue weighted by molar-refractivity contribution is 7.21. The molecule has 4 N–H and O–H groups in total. The molecule has 0 saturated carbocycles. The number of hydrogen-bond donors (Lipinski definition) is 3. The molecule has 0 radical (unpaired) electrons. The topological polar surface area (TPSA) is 92.5 Å². The first kappa shape index (κ1) is 20.6. The van der Waals surface area contributed by atoms with Crippen molar-refractivity contribution >= 4 is 38.8 Å². The van der Waals surface area contributed by atoms with E-state index in [1.807, 2.05) is 24.0 Å². The fraction of sp³-hybridized carbons (Fsp3) is 0.391. The van der Waals surface area contributed by atoms with Crippen LogP contribution in [0.25, 0.3) is 10.2 Å². The van der Waals surface area contributed by atoms with Crippen LogP contribution in [0.15, 0.2) is 18.2 Å². The predicted molar refractivity (Wildman–Crippen MR) is 123 cm³/mol. The summed E-state index contributed by atoms with van der Waals surface area (Å²) in [5, 5.41) is 6.95. The summed E-state index contributed by atoms with van der Waals surface area (Å²) < 4.78 is 36.0. The van der Waals surface area contributed by atoms with E-state index in [1.165, 1.54) is 17.4 Å². The maximum absolute atomic E-state index is 15.3. The standard InChI is InChI=1S/C23H23F2N5O2S/c1-10-2-3-14-19(26)21(33-23(14)28-10)22(31)29-12-5-15-16(24)6-17(18(25)20(15)32-9-12)30-8-11-4-13(30)7-27-11/h2-3,6,11-13,27H,4-5,7-9,26H2,1H3,(H,29,31)/t11?,12-,13?/m1/s1. The van der Waals surface area contributed by atoms with Crippen LogP contribution in [-0.4, -0.2) is 48.7 Å². The van der Waals surface area contributed by atoms with Crippen molar-refractivity contribution in [2.24, 2.45) is 0 Å². The second-order valence-electron chi connectivity index (χ2n) is 8.98. The molecule has 3 aliphatic heterocycles. The van der Waals surface area contributed by atoms with E-state index < -0.39 is 17.7 Å². The average Bonchev–Trinajstić information content (AvgIpc) is 3.51. The third-order valence-corrected chi connectivity index (χ3v) is 7.88. The lowest BCUT2D eigenvalue weighted by atomic mass is 10.00. The molecule has 0 spiro atoms. The summed E-state index contributed by atoms with van der Waals surface area (Å²) in [5.74, 6) is -1.47. The van der Waals surface area contributed by atoms with Crippen LogP contribution >= 0.6 is 11.3 Å². The van der Waals surface area contributed by atoms with Crippen molar-refractivity contribution < 1.29 is 18.3 Å². The van der Waals surface area contributed by atoms with Gasteiger partial charge in [0, 0.05) is 54.3 Å². The van der Waals surface area contributed by atoms with Crippen molar-refractivity contribution in [3.63, 3.8) is 0 Å². The van der Waals surface area contributed by atoms with Gasteiger partial charge in [0.15, 0.2) is 11.6 Å². The van der Waals surface area contributed by atoms with E-state index in [0.29, 0.717) is 28.0 Å². The Kier molecular flexibility index (Phi) is 4.70. The highest BCUT2D eigenvalue weighted by Crippen LogP contribution is 2.40. The van der Waals surface area contributed by atoms with Gasteiger partial charge in [-0.2, -0.15) is 0 Å². The molecule has 1 amide bonds. The van der Waals surface area contributed by atoms with Crippen molar-refractivity contribution in [1.29, 1.82) is 0 Å². The van der Waals surface area contributed by atoms with Crippen molar-refractivity contribution in [3.05, 3.63) is 46.0 Å². The molecule has 3 aliphatic rings. The first-order valence-corrected chi connectivity index (χ1v) is 11.8. The van der Waals surface area contributed by atoms with Crippen molar-refractivity contribution in [1.82, 2.24) is 15.6 Å². The third-order valence-electron chi connectivity index (χ3n) is 6.77. The number of ether oxygens (including phenoxy) is 1. The second kappa shape index (κ2) is 7.53. The van der Waals surface area contributed by atoms with Gasteiger partial charge in [-0.25, -0.2) is 13.8 Å². The molecule has 3 aromatic rings. The number of aryl methyl sites for hydroxylation is 1. The summed E-state index contributed by atoms with van der Waals surface area (Å²) in [5.41, 5.74) is 7.79. The Balaban J connectivity index is 1.23. The Morgan fingerprint density at radius 1 is 1.39 bits per heavy atom. The van der Waals surface area contributed by atoms with E-state index in [0.717, 1.165) is 24.0 Å². The summed E-state index contributed by atoms with van der Waals surface area (Å²) in [6, 6.07) is 4.93. The van der Waals surface area contributed by atoms with E-state index >= 15 is 8.78 Å². The molecule has 2 saturated heterocycles. The minimum Gasteiger partial charge on any atom is -0.488 e. The van der Waals surface area contributed by atoms with Crippen LogP contribution in [0.4, 0.5) is 20.2 Å². The molecule has 2 aromatic heterocycles. The second-order valence-corrected chi connectivity index (χ2v) is 9.98. The Morgan fingerprint density at radius 2 is 2.24 bits per heavy atom. The number of carbonyl (C=O) groups excluding carboxylic acids is 1. The lowest BCUT2D eigenvalue weighted by Crippen LogP contribution is -2.45. The average molecular weight is 472 g/mol. The first-order valence-electron chi connectivity index (χ1n) is 11.0. The van der Waals surface area contributed by atoms with Gasteiger partial charge in [-0.15, -0.1) is 11.3 Å². The van der Waals surface area contributed by atoms with Crippen LogP contribution in [0, 0.1) is 18.6 Å². The number of anilines is 2. The molecule has 0 aliphatic carbocycles. The Morgan fingerprint density at radius 3 is 3.00 bits per heavy atom. The van der Waals surface area contributed by atoms with Gasteiger partial charge in [0.25, 0.3) is 5.91 Å². The summed E-state index contributed by atoms with van der Waals surface area (Å²) in [7, 11) is 0. The lowest BCUT2D eigenvalue weighted by Gasteiger charge is -2.32. The van der Waals surface area contributed by atoms with Gasteiger partial charge in [0.1, 0.15) is 22.1 Å². The first-order chi connectivity index (χ1) is 15.9. The van der Waals surface area contributed by atoms with Crippen LogP contribution in [0.2, 0.25) is 0 Å². The van der Waals surface area contributed by atoms with E-state index in [4.69, 9.17) is 10.5 Å². The Hall–Kier alpha value is -2.98. The Labute approximate surface area is 192 Å². The predicted octanol–water partition coefficient (Wildman–Crippen LogP) is 2.75. The molecule has 2 unspecified atom stereocenters. The van der Waals surface area contributed by atoms with Gasteiger partial charge in [-0.1, -0.05) is 0 Å². The monoisotopic (exact) mass is 471 g/mol. The zero-order chi connectivity index (χ0) is 22.9. The summed E-state index contributed by atoms with van der Waals surface area (Å²) in [4.78, 5) is 20.3. The molecule has 2 fully saturated rings. The fourth-order valence-corrected chi connectivity index (χ4v) is 6.17. The summed E-state index contributed by atoms with van der Waals surface area (Å²) >= 11 is 1.21. The molecule has 172 valence electrons. The number of rotatable bonds is 3. The number of nitrogens with one attached hydrogen (secondary N) is 2. The number of amides is 1. The number of fused-ring (bicyclic) bond motifs is 4. The lowest BCUT2D eigenvalue weighted by molar-refractivity contribution is 0.0918. The van der Waals surface area contributed by atoms with Gasteiger partial charge in [-0.3, -0.25) is 4.79 Å². The number of nitrogen functional groups attached to an aromatic ring is 1. The van der Waals surface area contributed by atoms with Crippen molar-refractivity contribution in [2.75, 3.05) is 30.3 Å². The van der Waals surface area contributed by atoms with Gasteiger partial charge in [0.05, 0.1) is 17.4 Å². The highest BCUT2D eigenvalue weighted by Gasteiger charge is 2.40. The van der Waals surface area contributed by atoms with Crippen molar-refractivity contribution in [2.45, 2.75) is 37.9 Å². The molecule has 7 nitrogen and oxygen atoms in total. The third kappa shape index (κ3) is 3.31. The molecule has 2 bridgehead atoms. The van der Waals surface area contributed by atoms with Crippen LogP contribution in [0.3, 0.4) is 0 Å². The zero-order valence-electron chi connectivity index (χ0n) is 18.0. The molecule has 6 rings (SSSR count). The quantitative estimate of drug-likeness (QED) is 0.544. The highest BCUT2D eigenvalue weighted by atomic mass is 32.1.